The highest BCUT2D eigenvalue weighted by Gasteiger charge is 2.24. The second-order valence-electron chi connectivity index (χ2n) is 6.87. The topological polar surface area (TPSA) is 12.9 Å². The Morgan fingerprint density at radius 2 is 1.91 bits per heavy atom. The fourth-order valence-corrected chi connectivity index (χ4v) is 4.07. The van der Waals surface area contributed by atoms with Gasteiger partial charge in [-0.05, 0) is 30.0 Å². The van der Waals surface area contributed by atoms with Gasteiger partial charge < -0.3 is 0 Å². The van der Waals surface area contributed by atoms with Gasteiger partial charge >= 0.3 is 0 Å². The zero-order chi connectivity index (χ0) is 16.4. The van der Waals surface area contributed by atoms with Crippen LogP contribution in [0.5, 0.6) is 0 Å². The average molecular weight is 321 g/mol. The molecular weight excluding hydrogens is 298 g/mol. The lowest BCUT2D eigenvalue weighted by molar-refractivity contribution is 0.414. The van der Waals surface area contributed by atoms with Crippen LogP contribution in [0, 0.1) is 5.92 Å². The van der Waals surface area contributed by atoms with E-state index in [4.69, 9.17) is 4.98 Å². The first-order valence-electron chi connectivity index (χ1n) is 8.08. The molecule has 1 unspecified atom stereocenters. The zero-order valence-electron chi connectivity index (χ0n) is 14.0. The van der Waals surface area contributed by atoms with Gasteiger partial charge in [0.05, 0.1) is 0 Å². The molecule has 1 atom stereocenters. The van der Waals surface area contributed by atoms with E-state index in [1.165, 1.54) is 21.5 Å². The predicted molar refractivity (Wildman–Crippen MR) is 102 cm³/mol. The molecule has 0 aliphatic rings. The number of nitrogens with zero attached hydrogens (tertiary/aromatic N) is 1. The van der Waals surface area contributed by atoms with Gasteiger partial charge in [0.1, 0.15) is 4.83 Å². The van der Waals surface area contributed by atoms with E-state index in [9.17, 15) is 0 Å². The Bertz CT molecular complexity index is 814. The fraction of sp³-hybridized carbons (Fsp3) is 0.286. The largest absolute Gasteiger partial charge is 0.241 e. The summed E-state index contributed by atoms with van der Waals surface area (Å²) in [5, 5.41) is 1.23. The molecule has 3 rings (SSSR count). The van der Waals surface area contributed by atoms with E-state index >= 15 is 0 Å². The number of hydrogen-bond donors (Lipinski definition) is 0. The maximum Gasteiger partial charge on any atom is 0.124 e. The van der Waals surface area contributed by atoms with Gasteiger partial charge in [-0.15, -0.1) is 17.9 Å². The maximum atomic E-state index is 4.96. The van der Waals surface area contributed by atoms with Crippen molar-refractivity contribution >= 4 is 21.6 Å². The summed E-state index contributed by atoms with van der Waals surface area (Å²) >= 11 is 1.77. The first-order valence-corrected chi connectivity index (χ1v) is 8.90. The molecule has 23 heavy (non-hydrogen) atoms. The summed E-state index contributed by atoms with van der Waals surface area (Å²) in [4.78, 5) is 7.37. The molecule has 0 N–H and O–H groups in total. The van der Waals surface area contributed by atoms with Crippen LogP contribution in [0.25, 0.3) is 20.7 Å². The summed E-state index contributed by atoms with van der Waals surface area (Å²) in [6, 6.07) is 17.2. The van der Waals surface area contributed by atoms with Gasteiger partial charge in [0, 0.05) is 21.4 Å². The van der Waals surface area contributed by atoms with Crippen molar-refractivity contribution < 1.29 is 0 Å². The van der Waals surface area contributed by atoms with E-state index < -0.39 is 0 Å². The highest BCUT2D eigenvalue weighted by Crippen LogP contribution is 2.35. The first kappa shape index (κ1) is 15.9. The molecule has 2 aromatic heterocycles. The average Bonchev–Trinajstić information content (AvgIpc) is 2.98. The molecule has 0 aliphatic carbocycles. The fourth-order valence-electron chi connectivity index (χ4n) is 3.03. The van der Waals surface area contributed by atoms with Gasteiger partial charge in [-0.25, -0.2) is 4.98 Å². The Morgan fingerprint density at radius 3 is 2.61 bits per heavy atom. The van der Waals surface area contributed by atoms with Crippen LogP contribution in [0.1, 0.15) is 32.9 Å². The number of allylic oxidation sites excluding steroid dienone is 1. The number of fused-ring (bicyclic) bond motifs is 1. The summed E-state index contributed by atoms with van der Waals surface area (Å²) in [6.07, 6.45) is 3.09. The smallest absolute Gasteiger partial charge is 0.124 e. The van der Waals surface area contributed by atoms with Gasteiger partial charge in [0.2, 0.25) is 0 Å². The molecule has 0 spiro atoms. The molecule has 2 heterocycles. The zero-order valence-corrected chi connectivity index (χ0v) is 14.9. The first-order chi connectivity index (χ1) is 11.0. The number of pyridine rings is 1. The van der Waals surface area contributed by atoms with Crippen molar-refractivity contribution in [2.24, 2.45) is 5.92 Å². The van der Waals surface area contributed by atoms with Gasteiger partial charge in [-0.3, -0.25) is 0 Å². The second kappa shape index (κ2) is 6.29. The predicted octanol–water partition coefficient (Wildman–Crippen LogP) is 6.45. The van der Waals surface area contributed by atoms with Crippen LogP contribution >= 0.6 is 11.3 Å². The van der Waals surface area contributed by atoms with Crippen molar-refractivity contribution in [1.82, 2.24) is 4.98 Å². The minimum atomic E-state index is 0.0543. The minimum absolute atomic E-state index is 0.0543. The Balaban J connectivity index is 1.98. The molecule has 0 aliphatic heterocycles. The SMILES string of the molecule is C=CC(C)CC(C)(C)c1ccc2cc(-c3ccccc3)sc2n1. The third kappa shape index (κ3) is 3.37. The van der Waals surface area contributed by atoms with Gasteiger partial charge in [-0.2, -0.15) is 0 Å². The monoisotopic (exact) mass is 321 g/mol. The molecule has 0 saturated carbocycles. The van der Waals surface area contributed by atoms with Crippen LogP contribution in [0.2, 0.25) is 0 Å². The van der Waals surface area contributed by atoms with Crippen LogP contribution in [0.4, 0.5) is 0 Å². The molecule has 0 radical (unpaired) electrons. The Morgan fingerprint density at radius 1 is 1.17 bits per heavy atom. The molecule has 0 amide bonds. The Hall–Kier alpha value is -1.93. The maximum absolute atomic E-state index is 4.96. The third-order valence-corrected chi connectivity index (χ3v) is 5.46. The van der Waals surface area contributed by atoms with Crippen molar-refractivity contribution in [1.29, 1.82) is 0 Å². The molecule has 3 aromatic rings. The second-order valence-corrected chi connectivity index (χ2v) is 7.90. The molecule has 0 fully saturated rings. The Labute approximate surface area is 142 Å². The van der Waals surface area contributed by atoms with Crippen molar-refractivity contribution in [3.63, 3.8) is 0 Å². The van der Waals surface area contributed by atoms with Crippen LogP contribution in [0.3, 0.4) is 0 Å². The molecule has 118 valence electrons. The number of benzene rings is 1. The van der Waals surface area contributed by atoms with Crippen molar-refractivity contribution in [2.75, 3.05) is 0 Å². The normalized spacial score (nSPS) is 13.2. The van der Waals surface area contributed by atoms with E-state index in [1.807, 2.05) is 6.08 Å². The third-order valence-electron chi connectivity index (χ3n) is 4.37. The summed E-state index contributed by atoms with van der Waals surface area (Å²) in [6.45, 7) is 10.7. The molecule has 1 aromatic carbocycles. The van der Waals surface area contributed by atoms with Crippen LogP contribution in [0.15, 0.2) is 61.2 Å². The lowest BCUT2D eigenvalue weighted by atomic mass is 9.80. The quantitative estimate of drug-likeness (QED) is 0.492. The van der Waals surface area contributed by atoms with E-state index in [-0.39, 0.29) is 5.41 Å². The molecule has 1 nitrogen and oxygen atoms in total. The molecule has 2 heteroatoms. The lowest BCUT2D eigenvalue weighted by Gasteiger charge is -2.26. The highest BCUT2D eigenvalue weighted by molar-refractivity contribution is 7.21. The van der Waals surface area contributed by atoms with E-state index in [0.717, 1.165) is 11.3 Å². The van der Waals surface area contributed by atoms with Crippen molar-refractivity contribution in [2.45, 2.75) is 32.6 Å². The van der Waals surface area contributed by atoms with Crippen LogP contribution < -0.4 is 0 Å². The summed E-state index contributed by atoms with van der Waals surface area (Å²) in [5.74, 6) is 0.491. The molecular formula is C21H23NS. The van der Waals surface area contributed by atoms with E-state index in [2.05, 4.69) is 75.9 Å². The van der Waals surface area contributed by atoms with E-state index in [1.54, 1.807) is 11.3 Å². The van der Waals surface area contributed by atoms with Crippen molar-refractivity contribution in [3.8, 4) is 10.4 Å². The summed E-state index contributed by atoms with van der Waals surface area (Å²) < 4.78 is 0. The number of rotatable bonds is 5. The van der Waals surface area contributed by atoms with Gasteiger partial charge in [0.15, 0.2) is 0 Å². The van der Waals surface area contributed by atoms with Gasteiger partial charge in [-0.1, -0.05) is 63.2 Å². The summed E-state index contributed by atoms with van der Waals surface area (Å²) in [7, 11) is 0. The van der Waals surface area contributed by atoms with Crippen LogP contribution in [-0.4, -0.2) is 4.98 Å². The van der Waals surface area contributed by atoms with E-state index in [0.29, 0.717) is 5.92 Å². The Kier molecular flexibility index (Phi) is 4.36. The van der Waals surface area contributed by atoms with Crippen molar-refractivity contribution in [3.05, 3.63) is 66.9 Å². The molecule has 0 bridgehead atoms. The number of aromatic nitrogens is 1. The lowest BCUT2D eigenvalue weighted by Crippen LogP contribution is -2.21. The number of thiophene rings is 1. The minimum Gasteiger partial charge on any atom is -0.241 e. The number of hydrogen-bond acceptors (Lipinski definition) is 2. The molecule has 0 saturated heterocycles. The summed E-state index contributed by atoms with van der Waals surface area (Å²) in [5.41, 5.74) is 2.48. The highest BCUT2D eigenvalue weighted by atomic mass is 32.1. The standard InChI is InChI=1S/C21H23NS/c1-5-15(2)14-21(3,4)19-12-11-17-13-18(23-20(17)22-19)16-9-7-6-8-10-16/h5-13,15H,1,14H2,2-4H3. The van der Waals surface area contributed by atoms with Gasteiger partial charge in [0.25, 0.3) is 0 Å². The van der Waals surface area contributed by atoms with Crippen LogP contribution in [-0.2, 0) is 5.41 Å².